The lowest BCUT2D eigenvalue weighted by Crippen LogP contribution is -2.63. The van der Waals surface area contributed by atoms with Crippen LogP contribution in [0.3, 0.4) is 0 Å². The predicted molar refractivity (Wildman–Crippen MR) is 77.6 cm³/mol. The van der Waals surface area contributed by atoms with Crippen LogP contribution in [0, 0.1) is 5.82 Å². The average Bonchev–Trinajstić information content (AvgIpc) is 2.53. The Bertz CT molecular complexity index is 655. The van der Waals surface area contributed by atoms with Crippen molar-refractivity contribution in [3.05, 3.63) is 59.9 Å². The lowest BCUT2D eigenvalue weighted by atomic mass is 9.88. The van der Waals surface area contributed by atoms with Crippen LogP contribution >= 0.6 is 0 Å². The molecule has 0 aromatic heterocycles. The van der Waals surface area contributed by atoms with Crippen molar-refractivity contribution < 1.29 is 13.9 Å². The summed E-state index contributed by atoms with van der Waals surface area (Å²) in [6, 6.07) is 12.4. The summed E-state index contributed by atoms with van der Waals surface area (Å²) in [5.41, 5.74) is 7.50. The molecule has 5 heteroatoms. The van der Waals surface area contributed by atoms with E-state index in [-0.39, 0.29) is 17.8 Å². The van der Waals surface area contributed by atoms with Crippen LogP contribution in [0.25, 0.3) is 0 Å². The highest BCUT2D eigenvalue weighted by atomic mass is 19.1. The highest BCUT2D eigenvalue weighted by Gasteiger charge is 2.46. The smallest absolute Gasteiger partial charge is 0.247 e. The van der Waals surface area contributed by atoms with Gasteiger partial charge in [-0.2, -0.15) is 0 Å². The van der Waals surface area contributed by atoms with Crippen LogP contribution in [-0.4, -0.2) is 19.1 Å². The third kappa shape index (κ3) is 2.25. The average molecular weight is 286 g/mol. The van der Waals surface area contributed by atoms with Crippen molar-refractivity contribution >= 4 is 11.6 Å². The molecule has 0 saturated carbocycles. The van der Waals surface area contributed by atoms with E-state index in [0.29, 0.717) is 5.69 Å². The highest BCUT2D eigenvalue weighted by Crippen LogP contribution is 2.38. The molecule has 2 aromatic rings. The summed E-state index contributed by atoms with van der Waals surface area (Å²) in [4.78, 5) is 13.6. The number of β-lactam (4-membered cyclic amide) rings is 1. The summed E-state index contributed by atoms with van der Waals surface area (Å²) < 4.78 is 18.1. The highest BCUT2D eigenvalue weighted by molar-refractivity contribution is 6.05. The molecule has 2 atom stereocenters. The molecule has 0 spiro atoms. The zero-order valence-corrected chi connectivity index (χ0v) is 11.5. The van der Waals surface area contributed by atoms with E-state index in [1.807, 2.05) is 24.3 Å². The Kier molecular flexibility index (Phi) is 3.35. The summed E-state index contributed by atoms with van der Waals surface area (Å²) in [5, 5.41) is 0. The first kappa shape index (κ1) is 13.6. The maximum Gasteiger partial charge on any atom is 0.247 e. The topological polar surface area (TPSA) is 55.6 Å². The summed E-state index contributed by atoms with van der Waals surface area (Å²) >= 11 is 0. The Morgan fingerprint density at radius 1 is 1.10 bits per heavy atom. The molecule has 4 nitrogen and oxygen atoms in total. The molecule has 1 saturated heterocycles. The van der Waals surface area contributed by atoms with Gasteiger partial charge in [-0.25, -0.2) is 4.39 Å². The standard InChI is InChI=1S/C16H15FN2O2/c1-21-13-8-2-10(3-9-13)15-14(18)16(20)19(15)12-6-4-11(17)5-7-12/h2-9,14-15H,18H2,1H3/t14-,15-/m1/s1. The van der Waals surface area contributed by atoms with Gasteiger partial charge in [-0.3, -0.25) is 4.79 Å². The van der Waals surface area contributed by atoms with E-state index in [4.69, 9.17) is 10.5 Å². The molecule has 108 valence electrons. The number of carbonyl (C=O) groups is 1. The number of carbonyl (C=O) groups excluding carboxylic acids is 1. The Labute approximate surface area is 121 Å². The number of halogens is 1. The quantitative estimate of drug-likeness (QED) is 0.880. The van der Waals surface area contributed by atoms with Crippen molar-refractivity contribution in [1.29, 1.82) is 0 Å². The lowest BCUT2D eigenvalue weighted by Gasteiger charge is -2.45. The second-order valence-corrected chi connectivity index (χ2v) is 4.93. The number of ether oxygens (including phenoxy) is 1. The molecular formula is C16H15FN2O2. The van der Waals surface area contributed by atoms with Gasteiger partial charge in [0.1, 0.15) is 17.6 Å². The second kappa shape index (κ2) is 5.18. The van der Waals surface area contributed by atoms with Gasteiger partial charge >= 0.3 is 0 Å². The van der Waals surface area contributed by atoms with Gasteiger partial charge in [-0.05, 0) is 42.0 Å². The monoisotopic (exact) mass is 286 g/mol. The minimum absolute atomic E-state index is 0.164. The second-order valence-electron chi connectivity index (χ2n) is 4.93. The number of anilines is 1. The number of hydrogen-bond donors (Lipinski definition) is 1. The van der Waals surface area contributed by atoms with Crippen LogP contribution in [0.15, 0.2) is 48.5 Å². The molecule has 3 rings (SSSR count). The van der Waals surface area contributed by atoms with E-state index in [1.165, 1.54) is 12.1 Å². The van der Waals surface area contributed by atoms with Crippen molar-refractivity contribution in [3.8, 4) is 5.75 Å². The summed E-state index contributed by atoms with van der Waals surface area (Å²) in [7, 11) is 1.60. The Hall–Kier alpha value is -2.40. The van der Waals surface area contributed by atoms with E-state index in [0.717, 1.165) is 11.3 Å². The number of nitrogens with zero attached hydrogens (tertiary/aromatic N) is 1. The number of hydrogen-bond acceptors (Lipinski definition) is 3. The maximum atomic E-state index is 13.0. The molecule has 1 aliphatic rings. The van der Waals surface area contributed by atoms with Gasteiger partial charge in [0.2, 0.25) is 5.91 Å². The molecule has 1 fully saturated rings. The number of nitrogens with two attached hydrogens (primary N) is 1. The fraction of sp³-hybridized carbons (Fsp3) is 0.188. The SMILES string of the molecule is COc1ccc([C@@H]2[C@@H](N)C(=O)N2c2ccc(F)cc2)cc1. The molecular weight excluding hydrogens is 271 g/mol. The van der Waals surface area contributed by atoms with Crippen molar-refractivity contribution in [2.45, 2.75) is 12.1 Å². The van der Waals surface area contributed by atoms with Crippen LogP contribution in [0.1, 0.15) is 11.6 Å². The molecule has 0 unspecified atom stereocenters. The minimum atomic E-state index is -0.580. The van der Waals surface area contributed by atoms with E-state index >= 15 is 0 Å². The van der Waals surface area contributed by atoms with Crippen LogP contribution in [-0.2, 0) is 4.79 Å². The first-order chi connectivity index (χ1) is 10.1. The molecule has 0 bridgehead atoms. The molecule has 1 aliphatic heterocycles. The summed E-state index contributed by atoms with van der Waals surface area (Å²) in [6.07, 6.45) is 0. The molecule has 0 aliphatic carbocycles. The normalized spacial score (nSPS) is 21.1. The third-order valence-electron chi connectivity index (χ3n) is 3.70. The number of methoxy groups -OCH3 is 1. The largest absolute Gasteiger partial charge is 0.497 e. The fourth-order valence-electron chi connectivity index (χ4n) is 2.56. The molecule has 21 heavy (non-hydrogen) atoms. The van der Waals surface area contributed by atoms with Crippen molar-refractivity contribution in [3.63, 3.8) is 0 Å². The van der Waals surface area contributed by atoms with E-state index in [2.05, 4.69) is 0 Å². The zero-order chi connectivity index (χ0) is 15.0. The van der Waals surface area contributed by atoms with Gasteiger partial charge in [0, 0.05) is 5.69 Å². The number of benzene rings is 2. The van der Waals surface area contributed by atoms with Gasteiger partial charge in [-0.15, -0.1) is 0 Å². The van der Waals surface area contributed by atoms with Crippen LogP contribution < -0.4 is 15.4 Å². The van der Waals surface area contributed by atoms with Crippen LogP contribution in [0.4, 0.5) is 10.1 Å². The van der Waals surface area contributed by atoms with E-state index in [9.17, 15) is 9.18 Å². The van der Waals surface area contributed by atoms with Crippen molar-refractivity contribution in [2.24, 2.45) is 5.73 Å². The Balaban J connectivity index is 1.92. The van der Waals surface area contributed by atoms with Gasteiger partial charge in [-0.1, -0.05) is 12.1 Å². The van der Waals surface area contributed by atoms with E-state index in [1.54, 1.807) is 24.1 Å². The van der Waals surface area contributed by atoms with Gasteiger partial charge in [0.15, 0.2) is 0 Å². The minimum Gasteiger partial charge on any atom is -0.497 e. The molecule has 0 radical (unpaired) electrons. The van der Waals surface area contributed by atoms with Gasteiger partial charge in [0.05, 0.1) is 13.2 Å². The summed E-state index contributed by atoms with van der Waals surface area (Å²) in [6.45, 7) is 0. The van der Waals surface area contributed by atoms with Gasteiger partial charge in [0.25, 0.3) is 0 Å². The maximum absolute atomic E-state index is 13.0. The molecule has 1 heterocycles. The van der Waals surface area contributed by atoms with E-state index < -0.39 is 6.04 Å². The van der Waals surface area contributed by atoms with Crippen molar-refractivity contribution in [2.75, 3.05) is 12.0 Å². The molecule has 2 N–H and O–H groups in total. The van der Waals surface area contributed by atoms with Gasteiger partial charge < -0.3 is 15.4 Å². The first-order valence-corrected chi connectivity index (χ1v) is 6.60. The Morgan fingerprint density at radius 2 is 1.71 bits per heavy atom. The molecule has 1 amide bonds. The number of amides is 1. The van der Waals surface area contributed by atoms with Crippen LogP contribution in [0.5, 0.6) is 5.75 Å². The lowest BCUT2D eigenvalue weighted by molar-refractivity contribution is -0.126. The predicted octanol–water partition coefficient (Wildman–Crippen LogP) is 2.25. The van der Waals surface area contributed by atoms with Crippen LogP contribution in [0.2, 0.25) is 0 Å². The Morgan fingerprint density at radius 3 is 2.29 bits per heavy atom. The number of rotatable bonds is 3. The van der Waals surface area contributed by atoms with Crippen molar-refractivity contribution in [1.82, 2.24) is 0 Å². The molecule has 2 aromatic carbocycles. The summed E-state index contributed by atoms with van der Waals surface area (Å²) in [5.74, 6) is 0.241. The first-order valence-electron chi connectivity index (χ1n) is 6.60. The zero-order valence-electron chi connectivity index (χ0n) is 11.5. The fourth-order valence-corrected chi connectivity index (χ4v) is 2.56. The third-order valence-corrected chi connectivity index (χ3v) is 3.70.